The van der Waals surface area contributed by atoms with Crippen molar-refractivity contribution in [1.82, 2.24) is 20.5 Å². The molecule has 3 aromatic rings. The molecule has 1 unspecified atom stereocenters. The van der Waals surface area contributed by atoms with Crippen LogP contribution in [0.25, 0.3) is 11.1 Å². The van der Waals surface area contributed by atoms with Crippen molar-refractivity contribution in [2.24, 2.45) is 5.92 Å². The summed E-state index contributed by atoms with van der Waals surface area (Å²) < 4.78 is 0. The molecule has 2 N–H and O–H groups in total. The number of amides is 3. The number of carbonyl (C=O) groups is 3. The van der Waals surface area contributed by atoms with Crippen LogP contribution in [0.5, 0.6) is 0 Å². The van der Waals surface area contributed by atoms with E-state index >= 15 is 0 Å². The van der Waals surface area contributed by atoms with Gasteiger partial charge in [0.2, 0.25) is 12.3 Å². The lowest BCUT2D eigenvalue weighted by Gasteiger charge is -2.33. The van der Waals surface area contributed by atoms with Gasteiger partial charge in [0, 0.05) is 61.0 Å². The predicted molar refractivity (Wildman–Crippen MR) is 165 cm³/mol. The van der Waals surface area contributed by atoms with E-state index in [9.17, 15) is 19.6 Å². The lowest BCUT2D eigenvalue weighted by atomic mass is 9.96. The van der Waals surface area contributed by atoms with Crippen LogP contribution in [-0.2, 0) is 22.7 Å². The zero-order valence-corrected chi connectivity index (χ0v) is 24.9. The Kier molecular flexibility index (Phi) is 9.70. The van der Waals surface area contributed by atoms with E-state index in [1.165, 1.54) is 0 Å². The number of rotatable bonds is 11. The molecule has 2 aliphatic rings. The fourth-order valence-electron chi connectivity index (χ4n) is 5.88. The molecule has 3 amide bonds. The van der Waals surface area contributed by atoms with Gasteiger partial charge < -0.3 is 15.1 Å². The molecule has 1 atom stereocenters. The van der Waals surface area contributed by atoms with Gasteiger partial charge in [-0.3, -0.25) is 19.7 Å². The number of pyridine rings is 1. The average Bonchev–Trinajstić information content (AvgIpc) is 3.35. The maximum Gasteiger partial charge on any atom is 0.254 e. The predicted octanol–water partition coefficient (Wildman–Crippen LogP) is 4.68. The first kappa shape index (κ1) is 30.2. The van der Waals surface area contributed by atoms with E-state index in [0.29, 0.717) is 48.0 Å². The van der Waals surface area contributed by atoms with Gasteiger partial charge in [0.1, 0.15) is 11.9 Å². The van der Waals surface area contributed by atoms with Gasteiger partial charge in [0.05, 0.1) is 5.56 Å². The number of nitriles is 1. The van der Waals surface area contributed by atoms with E-state index in [-0.39, 0.29) is 24.3 Å². The molecule has 10 heteroatoms. The fraction of sp³-hybridized carbons (Fsp3) is 0.364. The zero-order valence-electron chi connectivity index (χ0n) is 24.2. The van der Waals surface area contributed by atoms with E-state index in [4.69, 9.17) is 11.6 Å². The molecule has 222 valence electrons. The first-order valence-electron chi connectivity index (χ1n) is 14.6. The normalized spacial score (nSPS) is 15.6. The highest BCUT2D eigenvalue weighted by Gasteiger charge is 2.31. The van der Waals surface area contributed by atoms with Crippen LogP contribution in [0.2, 0.25) is 5.02 Å². The molecule has 0 bridgehead atoms. The second-order valence-corrected chi connectivity index (χ2v) is 11.7. The lowest BCUT2D eigenvalue weighted by molar-refractivity contribution is -0.125. The van der Waals surface area contributed by atoms with Crippen molar-refractivity contribution in [3.63, 3.8) is 0 Å². The maximum atomic E-state index is 12.9. The zero-order chi connectivity index (χ0) is 30.3. The highest BCUT2D eigenvalue weighted by molar-refractivity contribution is 6.30. The van der Waals surface area contributed by atoms with Gasteiger partial charge in [-0.15, -0.1) is 0 Å². The lowest BCUT2D eigenvalue weighted by Crippen LogP contribution is -2.38. The number of imide groups is 1. The third-order valence-corrected chi connectivity index (χ3v) is 8.60. The molecule has 0 aliphatic carbocycles. The van der Waals surface area contributed by atoms with Gasteiger partial charge >= 0.3 is 0 Å². The summed E-state index contributed by atoms with van der Waals surface area (Å²) in [5.74, 6) is 0.908. The van der Waals surface area contributed by atoms with Crippen molar-refractivity contribution in [3.05, 3.63) is 82.0 Å². The third kappa shape index (κ3) is 7.22. The molecule has 2 aromatic carbocycles. The Hall–Kier alpha value is -4.26. The van der Waals surface area contributed by atoms with Gasteiger partial charge in [-0.2, -0.15) is 5.26 Å². The summed E-state index contributed by atoms with van der Waals surface area (Å²) in [6.07, 6.45) is 4.90. The Morgan fingerprint density at radius 2 is 2.00 bits per heavy atom. The van der Waals surface area contributed by atoms with E-state index < -0.39 is 0 Å². The van der Waals surface area contributed by atoms with Crippen LogP contribution in [0.4, 0.5) is 5.82 Å². The van der Waals surface area contributed by atoms with Crippen LogP contribution in [0.3, 0.4) is 0 Å². The molecule has 0 spiro atoms. The van der Waals surface area contributed by atoms with E-state index in [1.54, 1.807) is 4.90 Å². The first-order valence-corrected chi connectivity index (χ1v) is 15.0. The Labute approximate surface area is 256 Å². The second kappa shape index (κ2) is 13.8. The van der Waals surface area contributed by atoms with Gasteiger partial charge in [-0.1, -0.05) is 35.9 Å². The van der Waals surface area contributed by atoms with Gasteiger partial charge in [-0.25, -0.2) is 4.98 Å². The second-order valence-electron chi connectivity index (χ2n) is 11.3. The monoisotopic (exact) mass is 598 g/mol. The minimum absolute atomic E-state index is 0.0160. The number of nitrogens with one attached hydrogen (secondary N) is 2. The maximum absolute atomic E-state index is 12.9. The van der Waals surface area contributed by atoms with Gasteiger partial charge in [0.15, 0.2) is 0 Å². The number of aromatic nitrogens is 1. The number of carbonyl (C=O) groups excluding carboxylic acids is 3. The van der Waals surface area contributed by atoms with Crippen LogP contribution in [0.1, 0.15) is 59.7 Å². The molecular formula is C33H35ClN6O3. The summed E-state index contributed by atoms with van der Waals surface area (Å²) in [6.45, 7) is 5.75. The molecule has 0 radical (unpaired) electrons. The Morgan fingerprint density at radius 1 is 1.19 bits per heavy atom. The highest BCUT2D eigenvalue weighted by atomic mass is 35.5. The van der Waals surface area contributed by atoms with Crippen molar-refractivity contribution in [2.45, 2.75) is 51.7 Å². The van der Waals surface area contributed by atoms with Crippen LogP contribution in [0.15, 0.2) is 54.7 Å². The standard InChI is InChI=1S/C33H35ClN6O3/c1-22(5-8-31(42)38-21-41)40-20-28-13-24(6-7-30(28)33(40)43)18-36-17-23-9-11-39(12-10-23)32-26(16-35)14-27(19-37-32)25-3-2-4-29(34)15-25/h2-4,6-7,13-15,19,21-23,36H,5,8-12,17-18,20H2,1H3,(H,38,41,42). The summed E-state index contributed by atoms with van der Waals surface area (Å²) in [5.41, 5.74) is 5.23. The molecule has 2 aliphatic heterocycles. The molecule has 9 nitrogen and oxygen atoms in total. The Bertz CT molecular complexity index is 1550. The summed E-state index contributed by atoms with van der Waals surface area (Å²) in [6, 6.07) is 17.7. The minimum atomic E-state index is -0.336. The number of benzene rings is 2. The van der Waals surface area contributed by atoms with Crippen molar-refractivity contribution >= 4 is 35.6 Å². The van der Waals surface area contributed by atoms with Gasteiger partial charge in [0.25, 0.3) is 5.91 Å². The number of anilines is 1. The van der Waals surface area contributed by atoms with Crippen LogP contribution in [-0.4, -0.2) is 53.8 Å². The molecule has 1 saturated heterocycles. The molecule has 3 heterocycles. The first-order chi connectivity index (χ1) is 20.9. The largest absolute Gasteiger partial charge is 0.356 e. The summed E-state index contributed by atoms with van der Waals surface area (Å²) in [5, 5.41) is 16.2. The number of hydrogen-bond donors (Lipinski definition) is 2. The summed E-state index contributed by atoms with van der Waals surface area (Å²) >= 11 is 6.14. The number of hydrogen-bond acceptors (Lipinski definition) is 7. The third-order valence-electron chi connectivity index (χ3n) is 8.36. The number of fused-ring (bicyclic) bond motifs is 1. The van der Waals surface area contributed by atoms with E-state index in [2.05, 4.69) is 32.7 Å². The number of nitrogens with zero attached hydrogens (tertiary/aromatic N) is 4. The summed E-state index contributed by atoms with van der Waals surface area (Å²) in [7, 11) is 0. The molecule has 1 aromatic heterocycles. The molecule has 0 saturated carbocycles. The number of halogens is 1. The van der Waals surface area contributed by atoms with Crippen LogP contribution < -0.4 is 15.5 Å². The van der Waals surface area contributed by atoms with Crippen molar-refractivity contribution in [1.29, 1.82) is 5.26 Å². The number of piperidine rings is 1. The fourth-order valence-corrected chi connectivity index (χ4v) is 6.07. The smallest absolute Gasteiger partial charge is 0.254 e. The van der Waals surface area contributed by atoms with E-state index in [0.717, 1.165) is 60.5 Å². The van der Waals surface area contributed by atoms with Crippen LogP contribution in [0, 0.1) is 17.2 Å². The molecule has 5 rings (SSSR count). The van der Waals surface area contributed by atoms with Crippen molar-refractivity contribution in [3.8, 4) is 17.2 Å². The highest BCUT2D eigenvalue weighted by Crippen LogP contribution is 2.30. The molecule has 1 fully saturated rings. The van der Waals surface area contributed by atoms with Crippen molar-refractivity contribution in [2.75, 3.05) is 24.5 Å². The SMILES string of the molecule is CC(CCC(=O)NC=O)N1Cc2cc(CNCC3CCN(c4ncc(-c5cccc(Cl)c5)cc4C#N)CC3)ccc2C1=O. The molecule has 43 heavy (non-hydrogen) atoms. The Morgan fingerprint density at radius 3 is 2.74 bits per heavy atom. The van der Waals surface area contributed by atoms with Gasteiger partial charge in [-0.05, 0) is 79.6 Å². The molecular weight excluding hydrogens is 564 g/mol. The summed E-state index contributed by atoms with van der Waals surface area (Å²) in [4.78, 5) is 43.7. The van der Waals surface area contributed by atoms with Crippen molar-refractivity contribution < 1.29 is 14.4 Å². The topological polar surface area (TPSA) is 118 Å². The average molecular weight is 599 g/mol. The van der Waals surface area contributed by atoms with Crippen LogP contribution >= 0.6 is 11.6 Å². The minimum Gasteiger partial charge on any atom is -0.356 e. The quantitative estimate of drug-likeness (QED) is 0.308. The Balaban J connectivity index is 1.10. The van der Waals surface area contributed by atoms with E-state index in [1.807, 2.05) is 55.6 Å².